The maximum atomic E-state index is 2.43. The molecule has 0 bridgehead atoms. The molecule has 1 fully saturated rings. The van der Waals surface area contributed by atoms with Crippen LogP contribution >= 0.6 is 11.8 Å². The maximum Gasteiger partial charge on any atom is 0.00803 e. The maximum absolute atomic E-state index is 2.43. The SMILES string of the molecule is CC(C)CCSC1CCCCC1C(C)(C)C. The van der Waals surface area contributed by atoms with E-state index in [1.807, 2.05) is 0 Å². The fourth-order valence-electron chi connectivity index (χ4n) is 2.74. The average molecular weight is 242 g/mol. The van der Waals surface area contributed by atoms with Gasteiger partial charge in [0.25, 0.3) is 0 Å². The number of hydrogen-bond acceptors (Lipinski definition) is 1. The van der Waals surface area contributed by atoms with Crippen LogP contribution in [0.25, 0.3) is 0 Å². The van der Waals surface area contributed by atoms with Crippen molar-refractivity contribution < 1.29 is 0 Å². The lowest BCUT2D eigenvalue weighted by Crippen LogP contribution is -2.33. The van der Waals surface area contributed by atoms with Crippen LogP contribution in [0.15, 0.2) is 0 Å². The first-order valence-corrected chi connectivity index (χ1v) is 8.07. The molecule has 0 nitrogen and oxygen atoms in total. The first kappa shape index (κ1) is 14.4. The van der Waals surface area contributed by atoms with Crippen LogP contribution in [0.5, 0.6) is 0 Å². The van der Waals surface area contributed by atoms with E-state index in [0.29, 0.717) is 5.41 Å². The highest BCUT2D eigenvalue weighted by atomic mass is 32.2. The van der Waals surface area contributed by atoms with Gasteiger partial charge in [0.05, 0.1) is 0 Å². The Morgan fingerprint density at radius 1 is 1.12 bits per heavy atom. The third kappa shape index (κ3) is 4.69. The summed E-state index contributed by atoms with van der Waals surface area (Å²) >= 11 is 2.26. The number of thioether (sulfide) groups is 1. The summed E-state index contributed by atoms with van der Waals surface area (Å²) < 4.78 is 0. The number of rotatable bonds is 4. The van der Waals surface area contributed by atoms with Crippen molar-refractivity contribution in [3.05, 3.63) is 0 Å². The molecular formula is C15H30S. The van der Waals surface area contributed by atoms with Crippen LogP contribution in [-0.2, 0) is 0 Å². The van der Waals surface area contributed by atoms with Gasteiger partial charge in [-0.3, -0.25) is 0 Å². The molecule has 2 unspecified atom stereocenters. The zero-order valence-electron chi connectivity index (χ0n) is 11.9. The molecule has 1 heteroatoms. The van der Waals surface area contributed by atoms with Crippen LogP contribution in [0.2, 0.25) is 0 Å². The molecule has 0 heterocycles. The van der Waals surface area contributed by atoms with Gasteiger partial charge in [0, 0.05) is 5.25 Å². The molecule has 2 atom stereocenters. The fourth-order valence-corrected chi connectivity index (χ4v) is 4.76. The van der Waals surface area contributed by atoms with Crippen molar-refractivity contribution in [3.8, 4) is 0 Å². The van der Waals surface area contributed by atoms with Crippen molar-refractivity contribution in [2.24, 2.45) is 17.3 Å². The molecule has 1 aliphatic carbocycles. The Hall–Kier alpha value is 0.350. The topological polar surface area (TPSA) is 0 Å². The fraction of sp³-hybridized carbons (Fsp3) is 1.00. The molecule has 0 radical (unpaired) electrons. The Labute approximate surface area is 107 Å². The van der Waals surface area contributed by atoms with E-state index < -0.39 is 0 Å². The largest absolute Gasteiger partial charge is 0.158 e. The second-order valence-corrected chi connectivity index (χ2v) is 8.20. The normalized spacial score (nSPS) is 27.4. The van der Waals surface area contributed by atoms with Gasteiger partial charge < -0.3 is 0 Å². The van der Waals surface area contributed by atoms with Crippen molar-refractivity contribution >= 4 is 11.8 Å². The van der Waals surface area contributed by atoms with Crippen molar-refractivity contribution in [2.45, 2.75) is 72.0 Å². The minimum atomic E-state index is 0.510. The Balaban J connectivity index is 2.41. The standard InChI is InChI=1S/C15H30S/c1-12(2)10-11-16-14-9-7-6-8-13(14)15(3,4)5/h12-14H,6-11H2,1-5H3. The molecule has 0 saturated heterocycles. The van der Waals surface area contributed by atoms with Crippen LogP contribution in [0.4, 0.5) is 0 Å². The molecule has 0 spiro atoms. The third-order valence-corrected chi connectivity index (χ3v) is 5.31. The van der Waals surface area contributed by atoms with E-state index >= 15 is 0 Å². The third-order valence-electron chi connectivity index (χ3n) is 3.84. The molecule has 0 aromatic carbocycles. The molecule has 0 aromatic rings. The van der Waals surface area contributed by atoms with Gasteiger partial charge in [0.1, 0.15) is 0 Å². The van der Waals surface area contributed by atoms with E-state index in [9.17, 15) is 0 Å². The molecule has 0 N–H and O–H groups in total. The molecule has 1 aliphatic rings. The zero-order chi connectivity index (χ0) is 12.2. The molecule has 0 aliphatic heterocycles. The summed E-state index contributed by atoms with van der Waals surface area (Å²) in [5, 5.41) is 0.937. The predicted molar refractivity (Wildman–Crippen MR) is 77.1 cm³/mol. The predicted octanol–water partition coefficient (Wildman–Crippen LogP) is 5.37. The van der Waals surface area contributed by atoms with Gasteiger partial charge in [0.15, 0.2) is 0 Å². The van der Waals surface area contributed by atoms with E-state index in [4.69, 9.17) is 0 Å². The van der Waals surface area contributed by atoms with Crippen LogP contribution in [-0.4, -0.2) is 11.0 Å². The van der Waals surface area contributed by atoms with E-state index in [-0.39, 0.29) is 0 Å². The minimum Gasteiger partial charge on any atom is -0.158 e. The van der Waals surface area contributed by atoms with Gasteiger partial charge in [-0.05, 0) is 42.3 Å². The van der Waals surface area contributed by atoms with Crippen molar-refractivity contribution in [3.63, 3.8) is 0 Å². The van der Waals surface area contributed by atoms with Crippen LogP contribution in [0.3, 0.4) is 0 Å². The minimum absolute atomic E-state index is 0.510. The lowest BCUT2D eigenvalue weighted by Gasteiger charge is -2.40. The van der Waals surface area contributed by atoms with Crippen molar-refractivity contribution in [2.75, 3.05) is 5.75 Å². The van der Waals surface area contributed by atoms with Gasteiger partial charge in [-0.15, -0.1) is 0 Å². The second-order valence-electron chi connectivity index (χ2n) is 6.85. The lowest BCUT2D eigenvalue weighted by molar-refractivity contribution is 0.187. The highest BCUT2D eigenvalue weighted by molar-refractivity contribution is 7.99. The summed E-state index contributed by atoms with van der Waals surface area (Å²) in [6, 6.07) is 0. The van der Waals surface area contributed by atoms with Crippen LogP contribution in [0.1, 0.15) is 66.7 Å². The summed E-state index contributed by atoms with van der Waals surface area (Å²) in [5.74, 6) is 3.18. The van der Waals surface area contributed by atoms with Gasteiger partial charge in [-0.2, -0.15) is 11.8 Å². The summed E-state index contributed by atoms with van der Waals surface area (Å²) in [6.07, 6.45) is 7.24. The molecular weight excluding hydrogens is 212 g/mol. The Morgan fingerprint density at radius 3 is 2.31 bits per heavy atom. The van der Waals surface area contributed by atoms with Gasteiger partial charge in [-0.1, -0.05) is 47.5 Å². The molecule has 0 amide bonds. The average Bonchev–Trinajstić information content (AvgIpc) is 2.16. The Morgan fingerprint density at radius 2 is 1.75 bits per heavy atom. The summed E-state index contributed by atoms with van der Waals surface area (Å²) in [4.78, 5) is 0. The second kappa shape index (κ2) is 6.33. The Kier molecular flexibility index (Phi) is 5.70. The van der Waals surface area contributed by atoms with Gasteiger partial charge in [-0.25, -0.2) is 0 Å². The smallest absolute Gasteiger partial charge is 0.00803 e. The highest BCUT2D eigenvalue weighted by Gasteiger charge is 2.33. The van der Waals surface area contributed by atoms with E-state index in [1.165, 1.54) is 37.9 Å². The summed E-state index contributed by atoms with van der Waals surface area (Å²) in [5.41, 5.74) is 0.510. The number of hydrogen-bond donors (Lipinski definition) is 0. The van der Waals surface area contributed by atoms with Crippen LogP contribution in [0, 0.1) is 17.3 Å². The van der Waals surface area contributed by atoms with E-state index in [0.717, 1.165) is 17.1 Å². The monoisotopic (exact) mass is 242 g/mol. The quantitative estimate of drug-likeness (QED) is 0.638. The van der Waals surface area contributed by atoms with Gasteiger partial charge >= 0.3 is 0 Å². The van der Waals surface area contributed by atoms with Gasteiger partial charge in [0.2, 0.25) is 0 Å². The van der Waals surface area contributed by atoms with E-state index in [1.54, 1.807) is 0 Å². The molecule has 0 aromatic heterocycles. The van der Waals surface area contributed by atoms with Crippen LogP contribution < -0.4 is 0 Å². The molecule has 1 rings (SSSR count). The molecule has 1 saturated carbocycles. The first-order chi connectivity index (χ1) is 7.41. The lowest BCUT2D eigenvalue weighted by atomic mass is 9.72. The highest BCUT2D eigenvalue weighted by Crippen LogP contribution is 2.43. The molecule has 96 valence electrons. The Bertz CT molecular complexity index is 190. The zero-order valence-corrected chi connectivity index (χ0v) is 12.7. The summed E-state index contributed by atoms with van der Waals surface area (Å²) in [7, 11) is 0. The van der Waals surface area contributed by atoms with E-state index in [2.05, 4.69) is 46.4 Å². The first-order valence-electron chi connectivity index (χ1n) is 7.03. The summed E-state index contributed by atoms with van der Waals surface area (Å²) in [6.45, 7) is 12.0. The molecule has 16 heavy (non-hydrogen) atoms. The van der Waals surface area contributed by atoms with Crippen molar-refractivity contribution in [1.82, 2.24) is 0 Å². The van der Waals surface area contributed by atoms with Crippen molar-refractivity contribution in [1.29, 1.82) is 0 Å².